The van der Waals surface area contributed by atoms with E-state index in [1.807, 2.05) is 69.4 Å². The Hall–Kier alpha value is -1.17. The van der Waals surface area contributed by atoms with Crippen molar-refractivity contribution >= 4 is 113 Å². The summed E-state index contributed by atoms with van der Waals surface area (Å²) in [5.74, 6) is -0.377. The van der Waals surface area contributed by atoms with Crippen molar-refractivity contribution in [3.8, 4) is 44.5 Å². The maximum Gasteiger partial charge on any atom is 0.136 e. The second kappa shape index (κ2) is 14.5. The van der Waals surface area contributed by atoms with Crippen molar-refractivity contribution in [3.05, 3.63) is 155 Å². The van der Waals surface area contributed by atoms with E-state index in [0.717, 1.165) is 32.2 Å². The molecule has 0 saturated carbocycles. The van der Waals surface area contributed by atoms with Gasteiger partial charge >= 0.3 is 0 Å². The monoisotopic (exact) mass is 1150 g/mol. The highest BCUT2D eigenvalue weighted by Crippen LogP contribution is 2.35. The third-order valence-electron chi connectivity index (χ3n) is 7.75. The van der Waals surface area contributed by atoms with E-state index in [1.165, 1.54) is 58.2 Å². The summed E-state index contributed by atoms with van der Waals surface area (Å²) in [6, 6.07) is 37.0. The minimum Gasteiger partial charge on any atom is -0.206 e. The SMILES string of the molecule is Cc1cc(-c2ccc(Cc3ccc(-c4ccc(-c5ccc(F)c(I)c5)c(I)c4)c(I)c3)cc2I)ccc1-c1ccc(F)c(I)c1. The van der Waals surface area contributed by atoms with Gasteiger partial charge in [0.15, 0.2) is 0 Å². The maximum atomic E-state index is 13.8. The number of aryl methyl sites for hydroxylation is 1. The van der Waals surface area contributed by atoms with Crippen LogP contribution >= 0.6 is 113 Å². The third kappa shape index (κ3) is 7.62. The Morgan fingerprint density at radius 3 is 1.18 bits per heavy atom. The van der Waals surface area contributed by atoms with Crippen LogP contribution in [0.1, 0.15) is 16.7 Å². The Kier molecular flexibility index (Phi) is 10.9. The van der Waals surface area contributed by atoms with Crippen LogP contribution in [0.15, 0.2) is 109 Å². The van der Waals surface area contributed by atoms with E-state index in [4.69, 9.17) is 0 Å². The predicted molar refractivity (Wildman–Crippen MR) is 226 cm³/mol. The first-order valence-electron chi connectivity index (χ1n) is 14.0. The lowest BCUT2D eigenvalue weighted by molar-refractivity contribution is 0.620. The van der Waals surface area contributed by atoms with Crippen molar-refractivity contribution in [3.63, 3.8) is 0 Å². The van der Waals surface area contributed by atoms with Crippen molar-refractivity contribution < 1.29 is 8.78 Å². The number of hydrogen-bond donors (Lipinski definition) is 0. The minimum absolute atomic E-state index is 0.187. The fourth-order valence-corrected chi connectivity index (χ4v) is 9.08. The number of hydrogen-bond acceptors (Lipinski definition) is 0. The molecule has 6 rings (SSSR count). The first-order chi connectivity index (χ1) is 21.6. The zero-order chi connectivity index (χ0) is 31.8. The van der Waals surface area contributed by atoms with Gasteiger partial charge in [0, 0.05) is 17.9 Å². The third-order valence-corrected chi connectivity index (χ3v) is 12.1. The van der Waals surface area contributed by atoms with Crippen LogP contribution in [-0.2, 0) is 6.42 Å². The van der Waals surface area contributed by atoms with Gasteiger partial charge in [-0.2, -0.15) is 0 Å². The average Bonchev–Trinajstić information content (AvgIpc) is 3.00. The van der Waals surface area contributed by atoms with Crippen LogP contribution in [0.5, 0.6) is 0 Å². The molecule has 0 radical (unpaired) electrons. The highest BCUT2D eigenvalue weighted by molar-refractivity contribution is 14.1. The number of benzene rings is 6. The lowest BCUT2D eigenvalue weighted by Gasteiger charge is -2.13. The molecule has 0 aromatic heterocycles. The van der Waals surface area contributed by atoms with Crippen LogP contribution in [0.25, 0.3) is 44.5 Å². The molecule has 0 bridgehead atoms. The maximum absolute atomic E-state index is 13.8. The quantitative estimate of drug-likeness (QED) is 0.146. The van der Waals surface area contributed by atoms with Gasteiger partial charge in [-0.15, -0.1) is 0 Å². The molecule has 6 aromatic rings. The molecule has 0 amide bonds. The summed E-state index contributed by atoms with van der Waals surface area (Å²) >= 11 is 11.3. The molecule has 0 heterocycles. The predicted octanol–water partition coefficient (Wildman–Crippen LogP) is 13.6. The normalized spacial score (nSPS) is 11.2. The molecule has 0 aliphatic rings. The average molecular weight is 1150 g/mol. The lowest BCUT2D eigenvalue weighted by Crippen LogP contribution is -1.94. The molecule has 0 fully saturated rings. The molecule has 0 aliphatic carbocycles. The highest BCUT2D eigenvalue weighted by Gasteiger charge is 2.13. The first kappa shape index (κ1) is 33.7. The first-order valence-corrected chi connectivity index (χ1v) is 19.4. The van der Waals surface area contributed by atoms with Gasteiger partial charge in [-0.25, -0.2) is 8.78 Å². The van der Waals surface area contributed by atoms with Crippen molar-refractivity contribution in [2.45, 2.75) is 13.3 Å². The molecule has 224 valence electrons. The molecule has 7 heteroatoms. The number of rotatable bonds is 6. The summed E-state index contributed by atoms with van der Waals surface area (Å²) in [5, 5.41) is 0. The van der Waals surface area contributed by atoms with Gasteiger partial charge in [-0.05, 0) is 230 Å². The van der Waals surface area contributed by atoms with Crippen LogP contribution in [0.2, 0.25) is 0 Å². The number of halogens is 7. The lowest BCUT2D eigenvalue weighted by atomic mass is 9.94. The summed E-state index contributed by atoms with van der Waals surface area (Å²) < 4.78 is 32.4. The Morgan fingerprint density at radius 2 is 0.756 bits per heavy atom. The summed E-state index contributed by atoms with van der Waals surface area (Å²) in [6.45, 7) is 2.11. The van der Waals surface area contributed by atoms with Crippen molar-refractivity contribution in [2.75, 3.05) is 0 Å². The van der Waals surface area contributed by atoms with Gasteiger partial charge in [0.1, 0.15) is 11.6 Å². The molecule has 0 saturated heterocycles. The molecule has 0 unspecified atom stereocenters. The van der Waals surface area contributed by atoms with Gasteiger partial charge in [0.25, 0.3) is 0 Å². The topological polar surface area (TPSA) is 0 Å². The standard InChI is InChI=1S/C38H23F2I5/c1-21-14-24(4-10-28(21)25-6-12-32(39)37(44)19-25)29-8-2-22(16-34(29)41)15-23-3-9-30(35(42)17-23)26-5-11-31(36(43)18-26)27-7-13-33(40)38(45)20-27/h2-14,16-20H,15H2,1H3. The zero-order valence-corrected chi connectivity index (χ0v) is 34.5. The summed E-state index contributed by atoms with van der Waals surface area (Å²) in [4.78, 5) is 0. The molecule has 0 N–H and O–H groups in total. The van der Waals surface area contributed by atoms with Crippen LogP contribution in [-0.4, -0.2) is 0 Å². The van der Waals surface area contributed by atoms with E-state index in [-0.39, 0.29) is 11.6 Å². The van der Waals surface area contributed by atoms with Crippen LogP contribution in [0, 0.1) is 36.4 Å². The Balaban J connectivity index is 1.19. The fraction of sp³-hybridized carbons (Fsp3) is 0.0526. The Bertz CT molecular complexity index is 1940. The van der Waals surface area contributed by atoms with Crippen molar-refractivity contribution in [1.82, 2.24) is 0 Å². The van der Waals surface area contributed by atoms with Gasteiger partial charge in [0.2, 0.25) is 0 Å². The largest absolute Gasteiger partial charge is 0.206 e. The summed E-state index contributed by atoms with van der Waals surface area (Å²) in [5.41, 5.74) is 12.8. The van der Waals surface area contributed by atoms with Crippen molar-refractivity contribution in [2.24, 2.45) is 0 Å². The molecule has 0 atom stereocenters. The second-order valence-electron chi connectivity index (χ2n) is 10.8. The molecular formula is C38H23F2I5. The van der Waals surface area contributed by atoms with Crippen molar-refractivity contribution in [1.29, 1.82) is 0 Å². The second-order valence-corrected chi connectivity index (χ2v) is 16.6. The van der Waals surface area contributed by atoms with Crippen LogP contribution in [0.3, 0.4) is 0 Å². The van der Waals surface area contributed by atoms with Crippen LogP contribution < -0.4 is 0 Å². The molecule has 0 spiro atoms. The van der Waals surface area contributed by atoms with Gasteiger partial charge in [-0.3, -0.25) is 0 Å². The van der Waals surface area contributed by atoms with E-state index in [2.05, 4.69) is 147 Å². The smallest absolute Gasteiger partial charge is 0.136 e. The summed E-state index contributed by atoms with van der Waals surface area (Å²) in [6.07, 6.45) is 0.855. The van der Waals surface area contributed by atoms with E-state index < -0.39 is 0 Å². The molecule has 45 heavy (non-hydrogen) atoms. The van der Waals surface area contributed by atoms with Crippen LogP contribution in [0.4, 0.5) is 8.78 Å². The fourth-order valence-electron chi connectivity index (χ4n) is 5.44. The van der Waals surface area contributed by atoms with E-state index >= 15 is 0 Å². The molecule has 0 nitrogen and oxygen atoms in total. The molecule has 0 aliphatic heterocycles. The minimum atomic E-state index is -0.189. The Morgan fingerprint density at radius 1 is 0.400 bits per heavy atom. The van der Waals surface area contributed by atoms with Gasteiger partial charge in [-0.1, -0.05) is 66.7 Å². The van der Waals surface area contributed by atoms with Gasteiger partial charge < -0.3 is 0 Å². The van der Waals surface area contributed by atoms with E-state index in [9.17, 15) is 8.78 Å². The van der Waals surface area contributed by atoms with Gasteiger partial charge in [0.05, 0.1) is 0 Å². The van der Waals surface area contributed by atoms with E-state index in [1.54, 1.807) is 0 Å². The van der Waals surface area contributed by atoms with E-state index in [0.29, 0.717) is 7.14 Å². The molecular weight excluding hydrogens is 1130 g/mol. The highest BCUT2D eigenvalue weighted by atomic mass is 127. The summed E-state index contributed by atoms with van der Waals surface area (Å²) in [7, 11) is 0. The Labute approximate surface area is 330 Å². The molecule has 6 aromatic carbocycles. The zero-order valence-electron chi connectivity index (χ0n) is 23.7.